The molecule has 0 saturated heterocycles. The van der Waals surface area contributed by atoms with Crippen LogP contribution in [0.5, 0.6) is 5.75 Å². The van der Waals surface area contributed by atoms with Gasteiger partial charge in [-0.15, -0.1) is 0 Å². The van der Waals surface area contributed by atoms with Gasteiger partial charge in [0.2, 0.25) is 0 Å². The zero-order chi connectivity index (χ0) is 13.8. The van der Waals surface area contributed by atoms with E-state index in [1.54, 1.807) is 0 Å². The van der Waals surface area contributed by atoms with Crippen LogP contribution in [0.4, 0.5) is 0 Å². The lowest BCUT2D eigenvalue weighted by molar-refractivity contribution is -0.142. The zero-order valence-corrected chi connectivity index (χ0v) is 11.7. The molecule has 1 N–H and O–H groups in total. The summed E-state index contributed by atoms with van der Waals surface area (Å²) in [5.74, 6) is 0.752. The Balaban J connectivity index is 2.11. The van der Waals surface area contributed by atoms with Gasteiger partial charge in [-0.05, 0) is 30.5 Å². The summed E-state index contributed by atoms with van der Waals surface area (Å²) in [6.07, 6.45) is 1.88. The molecule has 4 heteroatoms. The van der Waals surface area contributed by atoms with Crippen LogP contribution in [0, 0.1) is 0 Å². The summed E-state index contributed by atoms with van der Waals surface area (Å²) in [6, 6.07) is 6.10. The van der Waals surface area contributed by atoms with Crippen molar-refractivity contribution in [2.45, 2.75) is 38.8 Å². The third-order valence-corrected chi connectivity index (χ3v) is 3.53. The number of hydrogen-bond donors (Lipinski definition) is 1. The van der Waals surface area contributed by atoms with Crippen LogP contribution in [-0.2, 0) is 16.0 Å². The number of fused-ring (bicyclic) bond motifs is 1. The largest absolute Gasteiger partial charge is 0.493 e. The molecule has 1 aromatic rings. The van der Waals surface area contributed by atoms with Crippen molar-refractivity contribution in [3.05, 3.63) is 29.3 Å². The number of benzene rings is 1. The van der Waals surface area contributed by atoms with Gasteiger partial charge in [0.05, 0.1) is 13.7 Å². The monoisotopic (exact) mass is 263 g/mol. The molecule has 4 nitrogen and oxygen atoms in total. The van der Waals surface area contributed by atoms with Crippen molar-refractivity contribution in [3.63, 3.8) is 0 Å². The van der Waals surface area contributed by atoms with Crippen LogP contribution < -0.4 is 10.1 Å². The molecule has 1 aliphatic heterocycles. The molecular formula is C15H21NO3. The molecule has 104 valence electrons. The molecule has 0 spiro atoms. The third kappa shape index (κ3) is 3.07. The Morgan fingerprint density at radius 2 is 2.32 bits per heavy atom. The van der Waals surface area contributed by atoms with Gasteiger partial charge in [-0.2, -0.15) is 0 Å². The predicted octanol–water partition coefficient (Wildman–Crippen LogP) is 2.22. The second-order valence-corrected chi connectivity index (χ2v) is 4.84. The molecule has 19 heavy (non-hydrogen) atoms. The van der Waals surface area contributed by atoms with Crippen LogP contribution in [0.3, 0.4) is 0 Å². The Bertz CT molecular complexity index is 459. The minimum atomic E-state index is -0.306. The Labute approximate surface area is 114 Å². The predicted molar refractivity (Wildman–Crippen MR) is 73.3 cm³/mol. The number of carbonyl (C=O) groups is 1. The summed E-state index contributed by atoms with van der Waals surface area (Å²) in [7, 11) is 1.41. The van der Waals surface area contributed by atoms with Crippen LogP contribution >= 0.6 is 0 Å². The Morgan fingerprint density at radius 1 is 1.53 bits per heavy atom. The van der Waals surface area contributed by atoms with Crippen molar-refractivity contribution >= 4 is 5.97 Å². The average Bonchev–Trinajstić information content (AvgIpc) is 2.90. The Morgan fingerprint density at radius 3 is 3.00 bits per heavy atom. The molecule has 2 rings (SSSR count). The zero-order valence-electron chi connectivity index (χ0n) is 11.7. The van der Waals surface area contributed by atoms with Crippen molar-refractivity contribution in [2.24, 2.45) is 0 Å². The molecule has 2 unspecified atom stereocenters. The highest BCUT2D eigenvalue weighted by Crippen LogP contribution is 2.29. The second kappa shape index (κ2) is 6.06. The number of esters is 1. The van der Waals surface area contributed by atoms with Crippen LogP contribution in [-0.4, -0.2) is 25.7 Å². The highest BCUT2D eigenvalue weighted by atomic mass is 16.5. The second-order valence-electron chi connectivity index (χ2n) is 4.84. The molecular weight excluding hydrogens is 242 g/mol. The van der Waals surface area contributed by atoms with Gasteiger partial charge in [0, 0.05) is 12.5 Å². The van der Waals surface area contributed by atoms with Crippen LogP contribution in [0.2, 0.25) is 0 Å². The Hall–Kier alpha value is -1.55. The lowest BCUT2D eigenvalue weighted by Gasteiger charge is -2.21. The molecule has 0 saturated carbocycles. The molecule has 0 aromatic heterocycles. The Kier molecular flexibility index (Phi) is 4.43. The van der Waals surface area contributed by atoms with Gasteiger partial charge in [0.1, 0.15) is 11.8 Å². The van der Waals surface area contributed by atoms with E-state index >= 15 is 0 Å². The number of nitrogens with one attached hydrogen (secondary N) is 1. The fourth-order valence-corrected chi connectivity index (χ4v) is 2.42. The fraction of sp³-hybridized carbons (Fsp3) is 0.533. The van der Waals surface area contributed by atoms with E-state index in [4.69, 9.17) is 9.47 Å². The van der Waals surface area contributed by atoms with E-state index < -0.39 is 0 Å². The van der Waals surface area contributed by atoms with Gasteiger partial charge >= 0.3 is 5.97 Å². The van der Waals surface area contributed by atoms with Crippen LogP contribution in [0.25, 0.3) is 0 Å². The van der Waals surface area contributed by atoms with E-state index in [1.165, 1.54) is 18.2 Å². The van der Waals surface area contributed by atoms with Crippen molar-refractivity contribution in [1.29, 1.82) is 0 Å². The molecule has 0 aliphatic carbocycles. The average molecular weight is 263 g/mol. The molecule has 0 amide bonds. The smallest absolute Gasteiger partial charge is 0.322 e. The van der Waals surface area contributed by atoms with E-state index in [0.29, 0.717) is 0 Å². The summed E-state index contributed by atoms with van der Waals surface area (Å²) < 4.78 is 10.3. The summed E-state index contributed by atoms with van der Waals surface area (Å²) in [5, 5.41) is 3.31. The van der Waals surface area contributed by atoms with Gasteiger partial charge in [-0.3, -0.25) is 10.1 Å². The van der Waals surface area contributed by atoms with Crippen LogP contribution in [0.15, 0.2) is 18.2 Å². The van der Waals surface area contributed by atoms with Crippen molar-refractivity contribution in [1.82, 2.24) is 5.32 Å². The maximum Gasteiger partial charge on any atom is 0.322 e. The lowest BCUT2D eigenvalue weighted by atomic mass is 10.00. The first-order chi connectivity index (χ1) is 9.15. The van der Waals surface area contributed by atoms with E-state index in [1.807, 2.05) is 13.0 Å². The first-order valence-electron chi connectivity index (χ1n) is 6.75. The molecule has 2 atom stereocenters. The highest BCUT2D eigenvalue weighted by Gasteiger charge is 2.20. The van der Waals surface area contributed by atoms with Crippen molar-refractivity contribution < 1.29 is 14.3 Å². The minimum Gasteiger partial charge on any atom is -0.493 e. The molecule has 1 heterocycles. The van der Waals surface area contributed by atoms with Gasteiger partial charge in [0.25, 0.3) is 0 Å². The number of methoxy groups -OCH3 is 1. The van der Waals surface area contributed by atoms with Gasteiger partial charge in [-0.25, -0.2) is 0 Å². The number of ether oxygens (including phenoxy) is 2. The summed E-state index contributed by atoms with van der Waals surface area (Å²) >= 11 is 0. The minimum absolute atomic E-state index is 0.153. The summed E-state index contributed by atoms with van der Waals surface area (Å²) in [6.45, 7) is 4.69. The highest BCUT2D eigenvalue weighted by molar-refractivity contribution is 5.75. The third-order valence-electron chi connectivity index (χ3n) is 3.53. The molecule has 1 aliphatic rings. The first kappa shape index (κ1) is 13.9. The maximum absolute atomic E-state index is 11.5. The molecule has 0 bridgehead atoms. The van der Waals surface area contributed by atoms with Gasteiger partial charge in [0.15, 0.2) is 0 Å². The lowest BCUT2D eigenvalue weighted by Crippen LogP contribution is -2.37. The van der Waals surface area contributed by atoms with E-state index in [-0.39, 0.29) is 18.1 Å². The maximum atomic E-state index is 11.5. The van der Waals surface area contributed by atoms with Gasteiger partial charge < -0.3 is 9.47 Å². The summed E-state index contributed by atoms with van der Waals surface area (Å²) in [4.78, 5) is 11.5. The SMILES string of the molecule is CCC(NC(C)C(=O)OC)c1ccc2c(c1)CCO2. The number of rotatable bonds is 5. The van der Waals surface area contributed by atoms with Crippen LogP contribution in [0.1, 0.15) is 37.4 Å². The van der Waals surface area contributed by atoms with E-state index in [2.05, 4.69) is 24.4 Å². The van der Waals surface area contributed by atoms with Gasteiger partial charge in [-0.1, -0.05) is 19.1 Å². The molecule has 1 aromatic carbocycles. The summed E-state index contributed by atoms with van der Waals surface area (Å²) in [5.41, 5.74) is 2.45. The topological polar surface area (TPSA) is 47.6 Å². The van der Waals surface area contributed by atoms with Crippen molar-refractivity contribution in [3.8, 4) is 5.75 Å². The molecule has 0 radical (unpaired) electrons. The quantitative estimate of drug-likeness (QED) is 0.828. The van der Waals surface area contributed by atoms with Crippen molar-refractivity contribution in [2.75, 3.05) is 13.7 Å². The van der Waals surface area contributed by atoms with E-state index in [0.717, 1.165) is 25.2 Å². The molecule has 0 fully saturated rings. The number of carbonyl (C=O) groups excluding carboxylic acids is 1. The normalized spacial score (nSPS) is 16.4. The van der Waals surface area contributed by atoms with E-state index in [9.17, 15) is 4.79 Å². The fourth-order valence-electron chi connectivity index (χ4n) is 2.42. The first-order valence-corrected chi connectivity index (χ1v) is 6.75. The standard InChI is InChI=1S/C15H21NO3/c1-4-13(16-10(2)15(17)18-3)11-5-6-14-12(9-11)7-8-19-14/h5-6,9-10,13,16H,4,7-8H2,1-3H3. The number of hydrogen-bond acceptors (Lipinski definition) is 4.